The van der Waals surface area contributed by atoms with Gasteiger partial charge in [-0.15, -0.1) is 0 Å². The summed E-state index contributed by atoms with van der Waals surface area (Å²) in [7, 11) is 4.46. The highest BCUT2D eigenvalue weighted by Gasteiger charge is 2.32. The second kappa shape index (κ2) is 36.0. The van der Waals surface area contributed by atoms with E-state index in [0.717, 1.165) is 47.8 Å². The lowest BCUT2D eigenvalue weighted by atomic mass is 9.80. The molecule has 4 aliphatic heterocycles. The Hall–Kier alpha value is -0.240. The summed E-state index contributed by atoms with van der Waals surface area (Å²) in [6, 6.07) is 3.77. The largest absolute Gasteiger partial charge is 0.304 e. The van der Waals surface area contributed by atoms with Crippen LogP contribution >= 0.6 is 0 Å². The molecule has 4 saturated carbocycles. The summed E-state index contributed by atoms with van der Waals surface area (Å²) < 4.78 is 0. The van der Waals surface area contributed by atoms with Gasteiger partial charge in [-0.3, -0.25) is 9.80 Å². The monoisotopic (exact) mass is 847 g/mol. The van der Waals surface area contributed by atoms with E-state index in [-0.39, 0.29) is 0 Å². The van der Waals surface area contributed by atoms with Gasteiger partial charge in [0.25, 0.3) is 0 Å². The van der Waals surface area contributed by atoms with Crippen molar-refractivity contribution in [1.29, 1.82) is 0 Å². The fourth-order valence-electron chi connectivity index (χ4n) is 10.9. The number of piperidine rings is 2. The van der Waals surface area contributed by atoms with Crippen LogP contribution in [0.5, 0.6) is 0 Å². The quantitative estimate of drug-likeness (QED) is 0.279. The average Bonchev–Trinajstić information content (AvgIpc) is 3.31. The van der Waals surface area contributed by atoms with Gasteiger partial charge in [0.2, 0.25) is 0 Å². The fraction of sp³-hybridized carbons (Fsp3) is 1.00. The molecule has 8 aliphatic rings. The zero-order valence-corrected chi connectivity index (χ0v) is 43.9. The molecule has 0 radical (unpaired) electrons. The molecule has 0 unspecified atom stereocenters. The molecule has 360 valence electrons. The van der Waals surface area contributed by atoms with Crippen molar-refractivity contribution in [2.24, 2.45) is 23.7 Å². The lowest BCUT2D eigenvalue weighted by Crippen LogP contribution is -2.52. The number of piperazine rings is 2. The number of likely N-dealkylation sites (tertiary alicyclic amines) is 2. The van der Waals surface area contributed by atoms with E-state index in [1.54, 1.807) is 0 Å². The van der Waals surface area contributed by atoms with Crippen LogP contribution in [0.2, 0.25) is 0 Å². The van der Waals surface area contributed by atoms with Gasteiger partial charge in [0.15, 0.2) is 0 Å². The Morgan fingerprint density at radius 1 is 0.250 bits per heavy atom. The minimum absolute atomic E-state index is 0.917. The maximum absolute atomic E-state index is 2.76. The van der Waals surface area contributed by atoms with Crippen LogP contribution in [-0.4, -0.2) is 146 Å². The zero-order chi connectivity index (χ0) is 44.7. The molecule has 0 bridgehead atoms. The SMILES string of the molecule is CC.CC.CC.CC.CC1CC(N2CCN(C)CC2)C1.CC1CCC(N2CCCCC2)CC1.CC1CCC(N2CCCCC2)CC1.CC1CCC(N2CCN(C)CC2)CC1. The second-order valence-electron chi connectivity index (χ2n) is 19.8. The van der Waals surface area contributed by atoms with Crippen molar-refractivity contribution < 1.29 is 0 Å². The van der Waals surface area contributed by atoms with Gasteiger partial charge in [-0.25, -0.2) is 0 Å². The molecule has 8 fully saturated rings. The number of hydrogen-bond donors (Lipinski definition) is 0. The third-order valence-electron chi connectivity index (χ3n) is 15.2. The Kier molecular flexibility index (Phi) is 34.7. The Bertz CT molecular complexity index is 833. The van der Waals surface area contributed by atoms with Crippen molar-refractivity contribution in [1.82, 2.24) is 29.4 Å². The van der Waals surface area contributed by atoms with Gasteiger partial charge in [0.05, 0.1) is 0 Å². The molecule has 0 aromatic heterocycles. The highest BCUT2D eigenvalue weighted by atomic mass is 15.3. The van der Waals surface area contributed by atoms with Crippen molar-refractivity contribution in [2.75, 3.05) is 92.6 Å². The third kappa shape index (κ3) is 23.1. The van der Waals surface area contributed by atoms with E-state index in [0.29, 0.717) is 0 Å². The van der Waals surface area contributed by atoms with Gasteiger partial charge >= 0.3 is 0 Å². The summed E-state index contributed by atoms with van der Waals surface area (Å²) in [6.07, 6.45) is 29.2. The van der Waals surface area contributed by atoms with E-state index in [1.165, 1.54) is 207 Å². The minimum Gasteiger partial charge on any atom is -0.304 e. The maximum Gasteiger partial charge on any atom is 0.0113 e. The van der Waals surface area contributed by atoms with Gasteiger partial charge in [-0.05, 0) is 180 Å². The van der Waals surface area contributed by atoms with Gasteiger partial charge in [-0.1, -0.05) is 95.9 Å². The predicted octanol–water partition coefficient (Wildman–Crippen LogP) is 13.1. The first-order valence-corrected chi connectivity index (χ1v) is 27.6. The van der Waals surface area contributed by atoms with Crippen molar-refractivity contribution in [3.05, 3.63) is 0 Å². The summed E-state index contributed by atoms with van der Waals surface area (Å²) in [5.74, 6) is 3.98. The summed E-state index contributed by atoms with van der Waals surface area (Å²) in [4.78, 5) is 15.8. The van der Waals surface area contributed by atoms with E-state index in [1.807, 2.05) is 55.4 Å². The van der Waals surface area contributed by atoms with Crippen molar-refractivity contribution in [2.45, 2.75) is 236 Å². The van der Waals surface area contributed by atoms with Crippen molar-refractivity contribution >= 4 is 0 Å². The smallest absolute Gasteiger partial charge is 0.0113 e. The standard InChI is InChI=1S/C12H24N2.2C12H23N.C10H20N2.4C2H6/c1-11-3-5-12(6-4-11)14-9-7-13(2)8-10-14;2*1-11-5-7-12(8-6-11)13-9-3-2-4-10-13;1-9-7-10(8-9)12-5-3-11(2)4-6-12;4*1-2/h11-12H,3-10H2,1-2H3;2*11-12H,2-10H2,1H3;9-10H,3-8H2,1-2H3;4*1-2H3. The van der Waals surface area contributed by atoms with Gasteiger partial charge in [0, 0.05) is 76.5 Å². The molecule has 0 N–H and O–H groups in total. The fourth-order valence-corrected chi connectivity index (χ4v) is 10.9. The first-order valence-electron chi connectivity index (χ1n) is 27.6. The summed E-state index contributed by atoms with van der Waals surface area (Å²) in [5.41, 5.74) is 0. The summed E-state index contributed by atoms with van der Waals surface area (Å²) >= 11 is 0. The molecule has 0 aromatic carbocycles. The lowest BCUT2D eigenvalue weighted by Gasteiger charge is -2.45. The average molecular weight is 848 g/mol. The highest BCUT2D eigenvalue weighted by molar-refractivity contribution is 4.87. The van der Waals surface area contributed by atoms with Crippen LogP contribution < -0.4 is 0 Å². The Morgan fingerprint density at radius 3 is 0.733 bits per heavy atom. The molecule has 4 heterocycles. The number of nitrogens with zero attached hydrogens (tertiary/aromatic N) is 6. The van der Waals surface area contributed by atoms with E-state index in [9.17, 15) is 0 Å². The van der Waals surface area contributed by atoms with Crippen LogP contribution in [0.15, 0.2) is 0 Å². The number of rotatable bonds is 4. The van der Waals surface area contributed by atoms with Crippen LogP contribution in [0.4, 0.5) is 0 Å². The predicted molar refractivity (Wildman–Crippen MR) is 271 cm³/mol. The Morgan fingerprint density at radius 2 is 0.483 bits per heavy atom. The molecular weight excluding hydrogens is 733 g/mol. The van der Waals surface area contributed by atoms with E-state index in [4.69, 9.17) is 0 Å². The molecule has 6 nitrogen and oxygen atoms in total. The minimum atomic E-state index is 0.917. The Balaban J connectivity index is 0.000000378. The first kappa shape index (κ1) is 57.8. The van der Waals surface area contributed by atoms with Gasteiger partial charge in [0.1, 0.15) is 0 Å². The third-order valence-corrected chi connectivity index (χ3v) is 15.2. The molecule has 0 aromatic rings. The number of hydrogen-bond acceptors (Lipinski definition) is 6. The number of likely N-dealkylation sites (N-methyl/N-ethyl adjacent to an activating group) is 2. The molecule has 4 saturated heterocycles. The molecule has 60 heavy (non-hydrogen) atoms. The van der Waals surface area contributed by atoms with Crippen LogP contribution in [0, 0.1) is 23.7 Å². The van der Waals surface area contributed by atoms with Gasteiger partial charge < -0.3 is 19.6 Å². The molecule has 0 atom stereocenters. The lowest BCUT2D eigenvalue weighted by molar-refractivity contribution is 0.0457. The molecule has 6 heteroatoms. The first-order chi connectivity index (χ1) is 29.2. The zero-order valence-electron chi connectivity index (χ0n) is 43.9. The van der Waals surface area contributed by atoms with E-state index >= 15 is 0 Å². The normalized spacial score (nSPS) is 33.3. The summed E-state index contributed by atoms with van der Waals surface area (Å²) in [6.45, 7) is 41.4. The molecule has 4 aliphatic carbocycles. The highest BCUT2D eigenvalue weighted by Crippen LogP contribution is 2.32. The topological polar surface area (TPSA) is 19.4 Å². The maximum atomic E-state index is 2.76. The summed E-state index contributed by atoms with van der Waals surface area (Å²) in [5, 5.41) is 0. The van der Waals surface area contributed by atoms with Crippen LogP contribution in [0.1, 0.15) is 212 Å². The van der Waals surface area contributed by atoms with E-state index < -0.39 is 0 Å². The van der Waals surface area contributed by atoms with E-state index in [2.05, 4.69) is 71.2 Å². The van der Waals surface area contributed by atoms with Crippen LogP contribution in [-0.2, 0) is 0 Å². The van der Waals surface area contributed by atoms with Crippen LogP contribution in [0.25, 0.3) is 0 Å². The second-order valence-corrected chi connectivity index (χ2v) is 19.8. The van der Waals surface area contributed by atoms with Crippen molar-refractivity contribution in [3.8, 4) is 0 Å². The van der Waals surface area contributed by atoms with Crippen molar-refractivity contribution in [3.63, 3.8) is 0 Å². The van der Waals surface area contributed by atoms with Gasteiger partial charge in [-0.2, -0.15) is 0 Å². The molecule has 0 amide bonds. The molecule has 0 spiro atoms. The Labute approximate surface area is 380 Å². The molecular formula is C54H114N6. The molecule has 8 rings (SSSR count). The van der Waals surface area contributed by atoms with Crippen LogP contribution in [0.3, 0.4) is 0 Å².